The van der Waals surface area contributed by atoms with Crippen molar-refractivity contribution in [2.45, 2.75) is 111 Å². The Hall–Kier alpha value is -1.28. The summed E-state index contributed by atoms with van der Waals surface area (Å²) < 4.78 is 0. The van der Waals surface area contributed by atoms with Gasteiger partial charge in [-0.1, -0.05) is 71.1 Å². The molecule has 0 aromatic carbocycles. The molecule has 12 atom stereocenters. The van der Waals surface area contributed by atoms with Crippen molar-refractivity contribution in [1.82, 2.24) is 0 Å². The Balaban J connectivity index is 0.000000181. The lowest BCUT2D eigenvalue weighted by Gasteiger charge is -2.56. The molecule has 0 saturated heterocycles. The lowest BCUT2D eigenvalue weighted by molar-refractivity contribution is -0.0984. The standard InChI is InChI=1S/2C20H32O3/c1-19(2)8-7-15-16(12-22)18(5-4-17(15)19)20(3)9-6-14(23)10-13(20)11-21;1-13-4-5-17-16(12-22)18(7-9-19(13,17)2)20(3)8-6-15(23)10-14(20)11-21/h7-8,13-14,16,18,21-23H,4-6,9-12H2,1-3H3;4-5,14-18,21-23H,1,6-12H2,2-3H3/t13-,14+,16+,18+,20+;14-,15+,16+,17+,18+,19-,20+/m11/s1. The van der Waals surface area contributed by atoms with Gasteiger partial charge >= 0.3 is 0 Å². The smallest absolute Gasteiger partial charge is 0.0544 e. The molecule has 0 aromatic rings. The monoisotopic (exact) mass is 640 g/mol. The highest BCUT2D eigenvalue weighted by Crippen LogP contribution is 2.62. The van der Waals surface area contributed by atoms with Gasteiger partial charge in [-0.15, -0.1) is 0 Å². The van der Waals surface area contributed by atoms with Crippen LogP contribution in [-0.4, -0.2) is 69.3 Å². The molecule has 0 radical (unpaired) electrons. The van der Waals surface area contributed by atoms with Gasteiger partial charge in [-0.25, -0.2) is 0 Å². The van der Waals surface area contributed by atoms with E-state index >= 15 is 0 Å². The second kappa shape index (κ2) is 13.6. The molecule has 6 N–H and O–H groups in total. The van der Waals surface area contributed by atoms with Crippen LogP contribution in [0, 0.1) is 63.1 Å². The minimum atomic E-state index is -0.284. The first kappa shape index (κ1) is 36.0. The number of allylic oxidation sites excluding steroid dienone is 6. The summed E-state index contributed by atoms with van der Waals surface area (Å²) in [6.45, 7) is 16.2. The third-order valence-electron chi connectivity index (χ3n) is 14.9. The minimum absolute atomic E-state index is 0.000466. The third-order valence-corrected chi connectivity index (χ3v) is 14.9. The van der Waals surface area contributed by atoms with Gasteiger partial charge in [0, 0.05) is 31.2 Å². The van der Waals surface area contributed by atoms with E-state index < -0.39 is 0 Å². The van der Waals surface area contributed by atoms with Crippen molar-refractivity contribution in [2.75, 3.05) is 26.4 Å². The average molecular weight is 641 g/mol. The van der Waals surface area contributed by atoms with Crippen LogP contribution in [0.3, 0.4) is 0 Å². The van der Waals surface area contributed by atoms with Crippen LogP contribution in [0.15, 0.2) is 47.6 Å². The molecule has 0 bridgehead atoms. The molecule has 46 heavy (non-hydrogen) atoms. The van der Waals surface area contributed by atoms with E-state index in [1.807, 2.05) is 0 Å². The van der Waals surface area contributed by atoms with Crippen LogP contribution >= 0.6 is 0 Å². The van der Waals surface area contributed by atoms with Crippen LogP contribution in [0.1, 0.15) is 98.8 Å². The molecule has 3 saturated carbocycles. The average Bonchev–Trinajstić information content (AvgIpc) is 3.52. The number of aliphatic hydroxyl groups excluding tert-OH is 6. The molecule has 0 aliphatic heterocycles. The predicted octanol–water partition coefficient (Wildman–Crippen LogP) is 5.97. The lowest BCUT2D eigenvalue weighted by atomic mass is 9.49. The topological polar surface area (TPSA) is 121 Å². The number of fused-ring (bicyclic) bond motifs is 1. The van der Waals surface area contributed by atoms with Crippen molar-refractivity contribution < 1.29 is 30.6 Å². The van der Waals surface area contributed by atoms with Gasteiger partial charge in [0.1, 0.15) is 0 Å². The zero-order valence-electron chi connectivity index (χ0n) is 29.3. The summed E-state index contributed by atoms with van der Waals surface area (Å²) in [6, 6.07) is 0. The van der Waals surface area contributed by atoms with Gasteiger partial charge in [0.05, 0.1) is 18.8 Å². The van der Waals surface area contributed by atoms with E-state index in [0.29, 0.717) is 30.6 Å². The van der Waals surface area contributed by atoms with E-state index in [2.05, 4.69) is 65.5 Å². The molecule has 3 fully saturated rings. The first-order chi connectivity index (χ1) is 21.7. The van der Waals surface area contributed by atoms with Gasteiger partial charge in [-0.05, 0) is 127 Å². The quantitative estimate of drug-likeness (QED) is 0.213. The van der Waals surface area contributed by atoms with Gasteiger partial charge < -0.3 is 30.6 Å². The SMILES string of the molecule is C=C1C=C[C@H]2[C@H](CO)[C@@H]([C@@]3(C)CC[C@H](O)C[C@@H]3CO)CC[C@]12C.CC1(C)C=CC2=C1CC[C@H]([C@@]1(C)CC[C@H](O)C[C@@H]1CO)[C@H]2CO. The molecule has 0 aromatic heterocycles. The predicted molar refractivity (Wildman–Crippen MR) is 184 cm³/mol. The summed E-state index contributed by atoms with van der Waals surface area (Å²) in [5, 5.41) is 60.2. The summed E-state index contributed by atoms with van der Waals surface area (Å²) in [6.07, 6.45) is 17.6. The summed E-state index contributed by atoms with van der Waals surface area (Å²) in [7, 11) is 0. The van der Waals surface area contributed by atoms with Crippen molar-refractivity contribution >= 4 is 0 Å². The molecule has 6 heteroatoms. The van der Waals surface area contributed by atoms with E-state index in [1.165, 1.54) is 16.7 Å². The number of hydrogen-bond acceptors (Lipinski definition) is 6. The van der Waals surface area contributed by atoms with E-state index in [1.54, 1.807) is 0 Å². The number of hydrogen-bond donors (Lipinski definition) is 6. The molecule has 0 heterocycles. The highest BCUT2D eigenvalue weighted by molar-refractivity contribution is 5.44. The highest BCUT2D eigenvalue weighted by Gasteiger charge is 2.55. The van der Waals surface area contributed by atoms with E-state index in [9.17, 15) is 30.6 Å². The van der Waals surface area contributed by atoms with E-state index in [0.717, 1.165) is 51.4 Å². The van der Waals surface area contributed by atoms with Crippen LogP contribution in [0.5, 0.6) is 0 Å². The molecule has 6 aliphatic rings. The Bertz CT molecular complexity index is 1200. The maximum atomic E-state index is 10.2. The van der Waals surface area contributed by atoms with Gasteiger partial charge in [-0.3, -0.25) is 0 Å². The Morgan fingerprint density at radius 2 is 1.30 bits per heavy atom. The third kappa shape index (κ3) is 6.07. The Morgan fingerprint density at radius 1 is 0.717 bits per heavy atom. The van der Waals surface area contributed by atoms with E-state index in [-0.39, 0.29) is 84.0 Å². The summed E-state index contributed by atoms with van der Waals surface area (Å²) in [5.41, 5.74) is 4.24. The number of rotatable bonds is 6. The van der Waals surface area contributed by atoms with E-state index in [4.69, 9.17) is 0 Å². The Labute approximate surface area is 278 Å². The van der Waals surface area contributed by atoms with Crippen LogP contribution in [0.2, 0.25) is 0 Å². The highest BCUT2D eigenvalue weighted by atomic mass is 16.3. The van der Waals surface area contributed by atoms with Gasteiger partial charge in [-0.2, -0.15) is 0 Å². The summed E-state index contributed by atoms with van der Waals surface area (Å²) in [4.78, 5) is 0. The van der Waals surface area contributed by atoms with Crippen molar-refractivity contribution in [3.05, 3.63) is 47.6 Å². The maximum Gasteiger partial charge on any atom is 0.0544 e. The molecule has 6 aliphatic carbocycles. The van der Waals surface area contributed by atoms with Crippen molar-refractivity contribution in [3.8, 4) is 0 Å². The lowest BCUT2D eigenvalue weighted by Crippen LogP contribution is -2.52. The molecule has 0 spiro atoms. The molecule has 0 unspecified atom stereocenters. The Morgan fingerprint density at radius 3 is 1.85 bits per heavy atom. The van der Waals surface area contributed by atoms with Crippen LogP contribution in [0.25, 0.3) is 0 Å². The van der Waals surface area contributed by atoms with Crippen LogP contribution < -0.4 is 0 Å². The minimum Gasteiger partial charge on any atom is -0.396 e. The van der Waals surface area contributed by atoms with Gasteiger partial charge in [0.25, 0.3) is 0 Å². The van der Waals surface area contributed by atoms with Crippen molar-refractivity contribution in [2.24, 2.45) is 63.1 Å². The fourth-order valence-corrected chi connectivity index (χ4v) is 11.5. The first-order valence-corrected chi connectivity index (χ1v) is 18.3. The van der Waals surface area contributed by atoms with Crippen molar-refractivity contribution in [1.29, 1.82) is 0 Å². The Kier molecular flexibility index (Phi) is 10.6. The second-order valence-electron chi connectivity index (χ2n) is 17.4. The summed E-state index contributed by atoms with van der Waals surface area (Å²) >= 11 is 0. The maximum absolute atomic E-state index is 10.2. The molecule has 0 amide bonds. The molecular weight excluding hydrogens is 576 g/mol. The van der Waals surface area contributed by atoms with Crippen LogP contribution in [0.4, 0.5) is 0 Å². The molecule has 260 valence electrons. The molecule has 6 nitrogen and oxygen atoms in total. The molecular formula is C40H64O6. The second-order valence-corrected chi connectivity index (χ2v) is 17.4. The van der Waals surface area contributed by atoms with Gasteiger partial charge in [0.15, 0.2) is 0 Å². The van der Waals surface area contributed by atoms with Crippen molar-refractivity contribution in [3.63, 3.8) is 0 Å². The first-order valence-electron chi connectivity index (χ1n) is 18.3. The normalized spacial score (nSPS) is 46.5. The fourth-order valence-electron chi connectivity index (χ4n) is 11.5. The largest absolute Gasteiger partial charge is 0.396 e. The zero-order chi connectivity index (χ0) is 33.7. The van der Waals surface area contributed by atoms with Crippen LogP contribution in [-0.2, 0) is 0 Å². The fraction of sp³-hybridized carbons (Fsp3) is 0.800. The summed E-state index contributed by atoms with van der Waals surface area (Å²) in [5.74, 6) is 1.78. The van der Waals surface area contributed by atoms with Gasteiger partial charge in [0.2, 0.25) is 0 Å². The number of aliphatic hydroxyl groups is 6. The molecule has 6 rings (SSSR count). The zero-order valence-corrected chi connectivity index (χ0v) is 29.3.